The summed E-state index contributed by atoms with van der Waals surface area (Å²) in [6.45, 7) is 3.17. The van der Waals surface area contributed by atoms with Crippen molar-refractivity contribution in [2.24, 2.45) is 5.92 Å². The molecule has 158 valence electrons. The van der Waals surface area contributed by atoms with Crippen LogP contribution in [0.5, 0.6) is 0 Å². The van der Waals surface area contributed by atoms with Gasteiger partial charge in [0.05, 0.1) is 5.92 Å². The Morgan fingerprint density at radius 2 is 1.90 bits per heavy atom. The summed E-state index contributed by atoms with van der Waals surface area (Å²) in [5.41, 5.74) is 2.76. The number of halogens is 1. The number of hydrogen-bond donors (Lipinski definition) is 1. The Balaban J connectivity index is 1.34. The molecular formula is C24H28FN3O2. The molecular weight excluding hydrogens is 381 g/mol. The lowest BCUT2D eigenvalue weighted by atomic mass is 9.96. The summed E-state index contributed by atoms with van der Waals surface area (Å²) in [5.74, 6) is -0.667. The first-order valence-corrected chi connectivity index (χ1v) is 10.7. The minimum Gasteiger partial charge on any atom is -0.372 e. The largest absolute Gasteiger partial charge is 0.372 e. The number of benzene rings is 2. The third kappa shape index (κ3) is 4.81. The summed E-state index contributed by atoms with van der Waals surface area (Å²) in [5, 5.41) is 3.03. The van der Waals surface area contributed by atoms with Crippen LogP contribution in [0.25, 0.3) is 0 Å². The summed E-state index contributed by atoms with van der Waals surface area (Å²) in [6.07, 6.45) is 3.30. The van der Waals surface area contributed by atoms with Crippen LogP contribution >= 0.6 is 0 Å². The molecule has 1 N–H and O–H groups in total. The number of nitrogens with one attached hydrogen (secondary N) is 1. The van der Waals surface area contributed by atoms with Gasteiger partial charge >= 0.3 is 0 Å². The van der Waals surface area contributed by atoms with E-state index in [1.165, 1.54) is 24.6 Å². The number of nitrogens with zero attached hydrogens (tertiary/aromatic N) is 2. The lowest BCUT2D eigenvalue weighted by Gasteiger charge is -2.32. The number of rotatable bonds is 6. The maximum absolute atomic E-state index is 14.0. The van der Waals surface area contributed by atoms with Gasteiger partial charge in [0.15, 0.2) is 0 Å². The highest BCUT2D eigenvalue weighted by Crippen LogP contribution is 2.23. The average Bonchev–Trinajstić information content (AvgIpc) is 3.30. The van der Waals surface area contributed by atoms with Gasteiger partial charge in [0, 0.05) is 50.4 Å². The first kappa shape index (κ1) is 20.4. The highest BCUT2D eigenvalue weighted by molar-refractivity contribution is 5.83. The number of carbonyl (C=O) groups excluding carboxylic acids is 2. The molecule has 1 unspecified atom stereocenters. The zero-order valence-corrected chi connectivity index (χ0v) is 17.1. The van der Waals surface area contributed by atoms with Crippen LogP contribution in [0.4, 0.5) is 10.1 Å². The number of anilines is 1. The molecule has 1 atom stereocenters. The molecule has 0 bridgehead atoms. The Kier molecular flexibility index (Phi) is 6.31. The second kappa shape index (κ2) is 9.28. The predicted octanol–water partition coefficient (Wildman–Crippen LogP) is 3.48. The van der Waals surface area contributed by atoms with Gasteiger partial charge in [0.25, 0.3) is 0 Å². The van der Waals surface area contributed by atoms with Crippen molar-refractivity contribution in [1.82, 2.24) is 10.2 Å². The van der Waals surface area contributed by atoms with Gasteiger partial charge in [-0.2, -0.15) is 0 Å². The van der Waals surface area contributed by atoms with Crippen molar-refractivity contribution in [3.05, 3.63) is 65.5 Å². The summed E-state index contributed by atoms with van der Waals surface area (Å²) >= 11 is 0. The maximum atomic E-state index is 14.0. The molecule has 2 heterocycles. The van der Waals surface area contributed by atoms with Gasteiger partial charge in [-0.15, -0.1) is 0 Å². The Bertz CT molecular complexity index is 911. The van der Waals surface area contributed by atoms with Crippen molar-refractivity contribution in [3.8, 4) is 0 Å². The smallest absolute Gasteiger partial charge is 0.225 e. The van der Waals surface area contributed by atoms with Crippen molar-refractivity contribution in [3.63, 3.8) is 0 Å². The van der Waals surface area contributed by atoms with Crippen molar-refractivity contribution in [2.45, 2.75) is 38.8 Å². The topological polar surface area (TPSA) is 52.7 Å². The highest BCUT2D eigenvalue weighted by atomic mass is 19.1. The normalized spacial score (nSPS) is 19.2. The first-order chi connectivity index (χ1) is 14.6. The first-order valence-electron chi connectivity index (χ1n) is 10.7. The molecule has 2 aromatic carbocycles. The minimum absolute atomic E-state index is 0.0272. The van der Waals surface area contributed by atoms with Gasteiger partial charge in [-0.05, 0) is 43.0 Å². The van der Waals surface area contributed by atoms with E-state index >= 15 is 0 Å². The lowest BCUT2D eigenvalue weighted by molar-refractivity contribution is -0.139. The maximum Gasteiger partial charge on any atom is 0.225 e. The fourth-order valence-corrected chi connectivity index (χ4v) is 4.29. The van der Waals surface area contributed by atoms with Gasteiger partial charge in [0.2, 0.25) is 11.8 Å². The summed E-state index contributed by atoms with van der Waals surface area (Å²) in [4.78, 5) is 29.0. The quantitative estimate of drug-likeness (QED) is 0.795. The van der Waals surface area contributed by atoms with Crippen LogP contribution in [0.3, 0.4) is 0 Å². The molecule has 2 fully saturated rings. The van der Waals surface area contributed by atoms with E-state index in [0.29, 0.717) is 31.5 Å². The van der Waals surface area contributed by atoms with Crippen LogP contribution in [0.15, 0.2) is 48.5 Å². The van der Waals surface area contributed by atoms with E-state index in [1.807, 2.05) is 12.1 Å². The molecule has 2 amide bonds. The zero-order valence-electron chi connectivity index (χ0n) is 17.1. The molecule has 0 saturated carbocycles. The van der Waals surface area contributed by atoms with Gasteiger partial charge in [-0.3, -0.25) is 9.59 Å². The molecule has 2 aromatic rings. The van der Waals surface area contributed by atoms with Crippen LogP contribution < -0.4 is 10.2 Å². The Morgan fingerprint density at radius 3 is 2.70 bits per heavy atom. The zero-order chi connectivity index (χ0) is 20.9. The van der Waals surface area contributed by atoms with Gasteiger partial charge < -0.3 is 15.1 Å². The Labute approximate surface area is 176 Å². The fourth-order valence-electron chi connectivity index (χ4n) is 4.29. The molecule has 2 saturated heterocycles. The number of hydrogen-bond acceptors (Lipinski definition) is 3. The Morgan fingerprint density at radius 1 is 1.10 bits per heavy atom. The second-order valence-electron chi connectivity index (χ2n) is 8.18. The second-order valence-corrected chi connectivity index (χ2v) is 8.18. The predicted molar refractivity (Wildman–Crippen MR) is 114 cm³/mol. The molecule has 2 aliphatic heterocycles. The molecule has 5 nitrogen and oxygen atoms in total. The molecule has 2 aliphatic rings. The standard InChI is InChI=1S/C24H28FN3O2/c25-22-9-2-1-7-19(22)16-28-17-20(10-11-23(28)29)24(30)26-15-18-6-5-8-21(14-18)27-12-3-4-13-27/h1-2,5-9,14,20H,3-4,10-13,15-17H2,(H,26,30). The Hall–Kier alpha value is -2.89. The minimum atomic E-state index is -0.324. The van der Waals surface area contributed by atoms with Crippen LogP contribution in [0.1, 0.15) is 36.8 Å². The molecule has 0 spiro atoms. The van der Waals surface area contributed by atoms with Crippen LogP contribution in [0.2, 0.25) is 0 Å². The number of piperidine rings is 1. The van der Waals surface area contributed by atoms with Gasteiger partial charge in [-0.25, -0.2) is 4.39 Å². The van der Waals surface area contributed by atoms with Crippen LogP contribution in [-0.2, 0) is 22.7 Å². The van der Waals surface area contributed by atoms with E-state index in [9.17, 15) is 14.0 Å². The number of amides is 2. The van der Waals surface area contributed by atoms with E-state index in [1.54, 1.807) is 23.1 Å². The highest BCUT2D eigenvalue weighted by Gasteiger charge is 2.30. The molecule has 4 rings (SSSR count). The van der Waals surface area contributed by atoms with Gasteiger partial charge in [0.1, 0.15) is 5.82 Å². The SMILES string of the molecule is O=C(NCc1cccc(N2CCCC2)c1)C1CCC(=O)N(Cc2ccccc2F)C1. The van der Waals surface area contributed by atoms with E-state index in [0.717, 1.165) is 18.7 Å². The summed E-state index contributed by atoms with van der Waals surface area (Å²) in [7, 11) is 0. The third-order valence-electron chi connectivity index (χ3n) is 6.04. The molecule has 0 aromatic heterocycles. The fraction of sp³-hybridized carbons (Fsp3) is 0.417. The van der Waals surface area contributed by atoms with E-state index in [2.05, 4.69) is 22.3 Å². The third-order valence-corrected chi connectivity index (χ3v) is 6.04. The van der Waals surface area contributed by atoms with E-state index in [4.69, 9.17) is 0 Å². The van der Waals surface area contributed by atoms with Crippen molar-refractivity contribution < 1.29 is 14.0 Å². The number of likely N-dealkylation sites (tertiary alicyclic amines) is 1. The van der Waals surface area contributed by atoms with Crippen LogP contribution in [0, 0.1) is 11.7 Å². The van der Waals surface area contributed by atoms with Crippen molar-refractivity contribution in [2.75, 3.05) is 24.5 Å². The summed E-state index contributed by atoms with van der Waals surface area (Å²) < 4.78 is 14.0. The molecule has 6 heteroatoms. The summed E-state index contributed by atoms with van der Waals surface area (Å²) in [6, 6.07) is 14.8. The van der Waals surface area contributed by atoms with Gasteiger partial charge in [-0.1, -0.05) is 30.3 Å². The molecule has 0 radical (unpaired) electrons. The van der Waals surface area contributed by atoms with Crippen molar-refractivity contribution >= 4 is 17.5 Å². The van der Waals surface area contributed by atoms with E-state index in [-0.39, 0.29) is 30.1 Å². The monoisotopic (exact) mass is 409 g/mol. The number of carbonyl (C=O) groups is 2. The average molecular weight is 410 g/mol. The molecule has 30 heavy (non-hydrogen) atoms. The molecule has 0 aliphatic carbocycles. The van der Waals surface area contributed by atoms with E-state index < -0.39 is 0 Å². The van der Waals surface area contributed by atoms with Crippen LogP contribution in [-0.4, -0.2) is 36.3 Å². The lowest BCUT2D eigenvalue weighted by Crippen LogP contribution is -2.45. The van der Waals surface area contributed by atoms with Crippen molar-refractivity contribution in [1.29, 1.82) is 0 Å².